The summed E-state index contributed by atoms with van der Waals surface area (Å²) in [6, 6.07) is 8.36. The lowest BCUT2D eigenvalue weighted by molar-refractivity contribution is -0.138. The smallest absolute Gasteiger partial charge is 0.336 e. The molecule has 1 aliphatic rings. The van der Waals surface area contributed by atoms with Crippen molar-refractivity contribution in [3.63, 3.8) is 0 Å². The van der Waals surface area contributed by atoms with Crippen LogP contribution in [0.5, 0.6) is 0 Å². The fourth-order valence-corrected chi connectivity index (χ4v) is 3.34. The first kappa shape index (κ1) is 15.7. The van der Waals surface area contributed by atoms with E-state index in [1.165, 1.54) is 10.9 Å². The minimum absolute atomic E-state index is 0.00852. The number of nitrogens with zero attached hydrogens (tertiary/aromatic N) is 1. The third-order valence-electron chi connectivity index (χ3n) is 4.63. The van der Waals surface area contributed by atoms with Gasteiger partial charge in [0.2, 0.25) is 0 Å². The second-order valence-corrected chi connectivity index (χ2v) is 5.97. The van der Waals surface area contributed by atoms with E-state index < -0.39 is 0 Å². The average Bonchev–Trinajstić information content (AvgIpc) is 2.91. The molecule has 0 radical (unpaired) electrons. The fraction of sp³-hybridized carbons (Fsp3) is 0.421. The summed E-state index contributed by atoms with van der Waals surface area (Å²) in [4.78, 5) is 18.2. The Morgan fingerprint density at radius 2 is 2.13 bits per heavy atom. The summed E-state index contributed by atoms with van der Waals surface area (Å²) in [6.07, 6.45) is 2.96. The van der Waals surface area contributed by atoms with E-state index in [2.05, 4.69) is 41.9 Å². The molecule has 0 saturated heterocycles. The molecule has 4 heteroatoms. The molecule has 1 atom stereocenters. The van der Waals surface area contributed by atoms with E-state index in [4.69, 9.17) is 4.74 Å². The number of para-hydroxylation sites is 1. The number of likely N-dealkylation sites (N-methyl/N-ethyl adjacent to an activating group) is 1. The van der Waals surface area contributed by atoms with Gasteiger partial charge in [-0.25, -0.2) is 4.79 Å². The number of esters is 1. The van der Waals surface area contributed by atoms with Gasteiger partial charge in [0.25, 0.3) is 0 Å². The first-order valence-electron chi connectivity index (χ1n) is 8.38. The van der Waals surface area contributed by atoms with Gasteiger partial charge in [0.1, 0.15) is 0 Å². The molecule has 1 unspecified atom stereocenters. The first-order chi connectivity index (χ1) is 11.2. The topological polar surface area (TPSA) is 45.3 Å². The number of rotatable bonds is 3. The molecule has 0 spiro atoms. The van der Waals surface area contributed by atoms with Crippen LogP contribution >= 0.6 is 0 Å². The van der Waals surface area contributed by atoms with Crippen LogP contribution in [0.1, 0.15) is 37.9 Å². The van der Waals surface area contributed by atoms with Crippen molar-refractivity contribution in [3.05, 3.63) is 47.3 Å². The van der Waals surface area contributed by atoms with Gasteiger partial charge in [-0.3, -0.25) is 0 Å². The van der Waals surface area contributed by atoms with Crippen molar-refractivity contribution in [1.29, 1.82) is 0 Å². The largest absolute Gasteiger partial charge is 0.463 e. The Balaban J connectivity index is 2.11. The molecule has 0 bridgehead atoms. The highest BCUT2D eigenvalue weighted by molar-refractivity contribution is 5.91. The van der Waals surface area contributed by atoms with Crippen LogP contribution in [0.15, 0.2) is 36.0 Å². The van der Waals surface area contributed by atoms with E-state index in [9.17, 15) is 4.79 Å². The van der Waals surface area contributed by atoms with Gasteiger partial charge < -0.3 is 14.6 Å². The molecule has 0 saturated carbocycles. The van der Waals surface area contributed by atoms with Crippen LogP contribution in [0, 0.1) is 0 Å². The molecule has 122 valence electrons. The number of fused-ring (bicyclic) bond motifs is 3. The number of aromatic amines is 1. The maximum Gasteiger partial charge on any atom is 0.336 e. The lowest BCUT2D eigenvalue weighted by Crippen LogP contribution is -2.26. The van der Waals surface area contributed by atoms with Crippen LogP contribution in [-0.4, -0.2) is 35.5 Å². The highest BCUT2D eigenvalue weighted by atomic mass is 16.5. The van der Waals surface area contributed by atoms with Gasteiger partial charge in [0.15, 0.2) is 0 Å². The molecule has 3 rings (SSSR count). The van der Waals surface area contributed by atoms with Crippen LogP contribution in [-0.2, 0) is 16.0 Å². The summed E-state index contributed by atoms with van der Waals surface area (Å²) in [7, 11) is 0. The Morgan fingerprint density at radius 3 is 2.87 bits per heavy atom. The highest BCUT2D eigenvalue weighted by Crippen LogP contribution is 2.34. The van der Waals surface area contributed by atoms with Crippen molar-refractivity contribution in [3.8, 4) is 0 Å². The maximum absolute atomic E-state index is 12.4. The van der Waals surface area contributed by atoms with Gasteiger partial charge in [-0.15, -0.1) is 0 Å². The zero-order chi connectivity index (χ0) is 16.4. The van der Waals surface area contributed by atoms with Crippen molar-refractivity contribution >= 4 is 16.9 Å². The van der Waals surface area contributed by atoms with E-state index in [1.807, 2.05) is 19.2 Å². The lowest BCUT2D eigenvalue weighted by Gasteiger charge is -2.26. The fourth-order valence-electron chi connectivity index (χ4n) is 3.34. The number of ether oxygens (including phenoxy) is 1. The first-order valence-corrected chi connectivity index (χ1v) is 8.38. The number of aromatic nitrogens is 1. The number of carbonyl (C=O) groups is 1. The summed E-state index contributed by atoms with van der Waals surface area (Å²) in [6.45, 7) is 8.22. The Kier molecular flexibility index (Phi) is 4.42. The molecule has 0 aliphatic carbocycles. The van der Waals surface area contributed by atoms with Gasteiger partial charge in [-0.1, -0.05) is 25.1 Å². The molecule has 2 aromatic rings. The number of nitrogens with one attached hydrogen (secondary N) is 1. The van der Waals surface area contributed by atoms with Gasteiger partial charge in [0, 0.05) is 41.8 Å². The van der Waals surface area contributed by atoms with Crippen molar-refractivity contribution in [1.82, 2.24) is 9.88 Å². The van der Waals surface area contributed by atoms with E-state index in [-0.39, 0.29) is 11.9 Å². The quantitative estimate of drug-likeness (QED) is 0.881. The lowest BCUT2D eigenvalue weighted by atomic mass is 9.92. The Morgan fingerprint density at radius 1 is 1.35 bits per heavy atom. The normalized spacial score (nSPS) is 20.4. The number of H-pyrrole nitrogens is 1. The monoisotopic (exact) mass is 312 g/mol. The van der Waals surface area contributed by atoms with Gasteiger partial charge in [-0.05, 0) is 31.9 Å². The van der Waals surface area contributed by atoms with Crippen LogP contribution in [0.3, 0.4) is 0 Å². The van der Waals surface area contributed by atoms with E-state index >= 15 is 0 Å². The standard InChI is InChI=1S/C19H24N2O2/c1-4-21-11-10-15-14-8-6-7-9-17(14)20-18(15)13(3)16(12-21)19(22)23-5-2/h6-9,12-13,20H,4-5,10-11H2,1-3H3/b16-12+. The number of carbonyl (C=O) groups excluding carboxylic acids is 1. The molecule has 1 aromatic heterocycles. The van der Waals surface area contributed by atoms with Gasteiger partial charge in [-0.2, -0.15) is 0 Å². The van der Waals surface area contributed by atoms with Crippen molar-refractivity contribution in [2.75, 3.05) is 19.7 Å². The summed E-state index contributed by atoms with van der Waals surface area (Å²) < 4.78 is 5.28. The summed E-state index contributed by atoms with van der Waals surface area (Å²) >= 11 is 0. The van der Waals surface area contributed by atoms with Crippen molar-refractivity contribution in [2.24, 2.45) is 0 Å². The van der Waals surface area contributed by atoms with Crippen LogP contribution in [0.2, 0.25) is 0 Å². The second kappa shape index (κ2) is 6.49. The molecular formula is C19H24N2O2. The van der Waals surface area contributed by atoms with Gasteiger partial charge >= 0.3 is 5.97 Å². The van der Waals surface area contributed by atoms with Crippen LogP contribution in [0.25, 0.3) is 10.9 Å². The van der Waals surface area contributed by atoms with Crippen LogP contribution in [0.4, 0.5) is 0 Å². The average molecular weight is 312 g/mol. The van der Waals surface area contributed by atoms with Crippen molar-refractivity contribution in [2.45, 2.75) is 33.1 Å². The number of hydrogen-bond donors (Lipinski definition) is 1. The SMILES string of the molecule is CCOC(=O)/C1=C/N(CC)CCc2c([nH]c3ccccc23)C1C. The molecule has 2 heterocycles. The molecule has 23 heavy (non-hydrogen) atoms. The molecule has 1 N–H and O–H groups in total. The maximum atomic E-state index is 12.4. The third kappa shape index (κ3) is 2.85. The van der Waals surface area contributed by atoms with Crippen LogP contribution < -0.4 is 0 Å². The molecule has 0 fully saturated rings. The predicted octanol–water partition coefficient (Wildman–Crippen LogP) is 3.60. The van der Waals surface area contributed by atoms with E-state index in [0.29, 0.717) is 6.61 Å². The zero-order valence-corrected chi connectivity index (χ0v) is 14.1. The highest BCUT2D eigenvalue weighted by Gasteiger charge is 2.27. The summed E-state index contributed by atoms with van der Waals surface area (Å²) in [5.41, 5.74) is 4.32. The molecule has 1 aromatic carbocycles. The molecule has 0 amide bonds. The molecule has 4 nitrogen and oxygen atoms in total. The number of benzene rings is 1. The predicted molar refractivity (Wildman–Crippen MR) is 92.4 cm³/mol. The van der Waals surface area contributed by atoms with Gasteiger partial charge in [0.05, 0.1) is 12.2 Å². The minimum Gasteiger partial charge on any atom is -0.463 e. The Bertz CT molecular complexity index is 745. The molecular weight excluding hydrogens is 288 g/mol. The number of hydrogen-bond acceptors (Lipinski definition) is 3. The summed E-state index contributed by atoms with van der Waals surface area (Å²) in [5, 5.41) is 1.26. The Hall–Kier alpha value is -2.23. The van der Waals surface area contributed by atoms with Crippen molar-refractivity contribution < 1.29 is 9.53 Å². The minimum atomic E-state index is -0.218. The third-order valence-corrected chi connectivity index (χ3v) is 4.63. The second-order valence-electron chi connectivity index (χ2n) is 5.97. The zero-order valence-electron chi connectivity index (χ0n) is 14.1. The molecule has 1 aliphatic heterocycles. The van der Waals surface area contributed by atoms with E-state index in [1.54, 1.807) is 0 Å². The summed E-state index contributed by atoms with van der Waals surface area (Å²) in [5.74, 6) is -0.226. The Labute approximate surface area is 137 Å². The van der Waals surface area contributed by atoms with E-state index in [0.717, 1.165) is 36.3 Å².